The van der Waals surface area contributed by atoms with Crippen molar-refractivity contribution in [2.45, 2.75) is 41.5 Å². The monoisotopic (exact) mass is 426 g/mol. The minimum absolute atomic E-state index is 0.127. The van der Waals surface area contributed by atoms with E-state index >= 15 is 0 Å². The van der Waals surface area contributed by atoms with Crippen LogP contribution in [0.3, 0.4) is 0 Å². The summed E-state index contributed by atoms with van der Waals surface area (Å²) in [6.45, 7) is 0.994. The van der Waals surface area contributed by atoms with Crippen LogP contribution in [0.15, 0.2) is 39.1 Å². The van der Waals surface area contributed by atoms with Crippen LogP contribution in [-0.2, 0) is 14.3 Å². The summed E-state index contributed by atoms with van der Waals surface area (Å²) in [6.07, 6.45) is -1.64. The molecule has 0 bridgehead atoms. The molecule has 12 nitrogen and oxygen atoms in total. The molecule has 0 aromatic heterocycles. The van der Waals surface area contributed by atoms with E-state index in [-0.39, 0.29) is 23.4 Å². The standard InChI is InChI=1S/C16H22N6O6S/c1-8-2-4-9(5-3-8)29(26,27)28-11-6-22-14(18)19-10(7-23)12-15(22,16(11,24)25)21-13(17)20-12/h2-5,10-12,23-25H,6-7H2,1H3,(H2,18,19)(H3,17,20,21)/t10-,11-,12?,15-/m0/s1. The lowest BCUT2D eigenvalue weighted by Gasteiger charge is -2.48. The Morgan fingerprint density at radius 3 is 2.55 bits per heavy atom. The molecule has 0 saturated carbocycles. The Hall–Kier alpha value is -2.45. The first-order valence-corrected chi connectivity index (χ1v) is 10.2. The molecule has 0 aliphatic carbocycles. The number of rotatable bonds is 4. The molecule has 1 fully saturated rings. The number of guanidine groups is 2. The maximum atomic E-state index is 12.7. The van der Waals surface area contributed by atoms with Gasteiger partial charge in [-0.25, -0.2) is 9.98 Å². The number of nitrogens with zero attached hydrogens (tertiary/aromatic N) is 3. The Bertz CT molecular complexity index is 994. The molecule has 29 heavy (non-hydrogen) atoms. The van der Waals surface area contributed by atoms with Gasteiger partial charge >= 0.3 is 0 Å². The van der Waals surface area contributed by atoms with Crippen LogP contribution in [0, 0.1) is 6.92 Å². The topological polar surface area (TPSA) is 196 Å². The highest BCUT2D eigenvalue weighted by atomic mass is 32.2. The molecule has 0 amide bonds. The molecular formula is C16H22N6O6S. The van der Waals surface area contributed by atoms with Crippen LogP contribution < -0.4 is 16.8 Å². The fourth-order valence-corrected chi connectivity index (χ4v) is 5.14. The predicted octanol–water partition coefficient (Wildman–Crippen LogP) is -3.26. The number of nitrogens with two attached hydrogens (primary N) is 2. The lowest BCUT2D eigenvalue weighted by atomic mass is 9.86. The van der Waals surface area contributed by atoms with Gasteiger partial charge in [-0.05, 0) is 19.1 Å². The van der Waals surface area contributed by atoms with E-state index in [0.29, 0.717) is 0 Å². The van der Waals surface area contributed by atoms with E-state index in [2.05, 4.69) is 15.3 Å². The van der Waals surface area contributed by atoms with Gasteiger partial charge in [-0.15, -0.1) is 0 Å². The number of aliphatic hydroxyl groups is 3. The van der Waals surface area contributed by atoms with Crippen LogP contribution in [0.5, 0.6) is 0 Å². The van der Waals surface area contributed by atoms with Gasteiger partial charge in [0.1, 0.15) is 12.1 Å². The Balaban J connectivity index is 1.72. The van der Waals surface area contributed by atoms with Gasteiger partial charge in [-0.2, -0.15) is 8.42 Å². The molecule has 0 radical (unpaired) electrons. The Morgan fingerprint density at radius 1 is 1.28 bits per heavy atom. The van der Waals surface area contributed by atoms with E-state index in [9.17, 15) is 23.7 Å². The second-order valence-corrected chi connectivity index (χ2v) is 8.85. The van der Waals surface area contributed by atoms with E-state index in [1.165, 1.54) is 17.0 Å². The SMILES string of the molecule is Cc1ccc(S(=O)(=O)O[C@H]2CN3C(N)=N[C@@H](CO)C4N=C(N)N[C@@]43C2(O)O)cc1. The third-order valence-corrected chi connectivity index (χ3v) is 6.82. The molecule has 158 valence electrons. The summed E-state index contributed by atoms with van der Waals surface area (Å²) in [5.41, 5.74) is 10.7. The lowest BCUT2D eigenvalue weighted by molar-refractivity contribution is -0.252. The van der Waals surface area contributed by atoms with Crippen LogP contribution >= 0.6 is 0 Å². The van der Waals surface area contributed by atoms with E-state index in [4.69, 9.17) is 15.7 Å². The van der Waals surface area contributed by atoms with Crippen molar-refractivity contribution in [2.75, 3.05) is 13.2 Å². The molecule has 4 atom stereocenters. The minimum atomic E-state index is -4.33. The lowest BCUT2D eigenvalue weighted by Crippen LogP contribution is -2.77. The number of benzene rings is 1. The molecule has 8 N–H and O–H groups in total. The van der Waals surface area contributed by atoms with Crippen molar-refractivity contribution in [1.29, 1.82) is 0 Å². The van der Waals surface area contributed by atoms with E-state index in [1.54, 1.807) is 19.1 Å². The van der Waals surface area contributed by atoms with Crippen molar-refractivity contribution in [1.82, 2.24) is 10.2 Å². The van der Waals surface area contributed by atoms with Gasteiger partial charge in [0.2, 0.25) is 5.79 Å². The summed E-state index contributed by atoms with van der Waals surface area (Å²) < 4.78 is 30.6. The summed E-state index contributed by atoms with van der Waals surface area (Å²) in [5, 5.41) is 34.4. The molecule has 1 spiro atoms. The molecule has 4 rings (SSSR count). The third kappa shape index (κ3) is 2.69. The molecule has 13 heteroatoms. The first kappa shape index (κ1) is 19.8. The zero-order valence-corrected chi connectivity index (χ0v) is 16.2. The van der Waals surface area contributed by atoms with Crippen molar-refractivity contribution >= 4 is 22.0 Å². The van der Waals surface area contributed by atoms with Gasteiger partial charge < -0.3 is 37.0 Å². The third-order valence-electron chi connectivity index (χ3n) is 5.49. The van der Waals surface area contributed by atoms with Crippen molar-refractivity contribution in [3.8, 4) is 0 Å². The Morgan fingerprint density at radius 2 is 1.93 bits per heavy atom. The highest BCUT2D eigenvalue weighted by Crippen LogP contribution is 2.46. The molecule has 1 aromatic rings. The number of hydrogen-bond donors (Lipinski definition) is 6. The average Bonchev–Trinajstić information content (AvgIpc) is 3.11. The molecule has 3 aliphatic heterocycles. The number of aliphatic hydroxyl groups excluding tert-OH is 1. The van der Waals surface area contributed by atoms with E-state index in [1.807, 2.05) is 0 Å². The van der Waals surface area contributed by atoms with Crippen molar-refractivity contribution in [3.05, 3.63) is 29.8 Å². The zero-order valence-electron chi connectivity index (χ0n) is 15.4. The zero-order chi connectivity index (χ0) is 21.2. The first-order chi connectivity index (χ1) is 13.5. The first-order valence-electron chi connectivity index (χ1n) is 8.81. The highest BCUT2D eigenvalue weighted by molar-refractivity contribution is 7.86. The second kappa shape index (κ2) is 6.27. The second-order valence-electron chi connectivity index (χ2n) is 7.28. The number of aliphatic imine (C=N–C) groups is 2. The van der Waals surface area contributed by atoms with Crippen LogP contribution in [-0.4, -0.2) is 83.3 Å². The number of aryl methyl sites for hydroxylation is 1. The van der Waals surface area contributed by atoms with Gasteiger partial charge in [-0.1, -0.05) is 17.7 Å². The number of hydrogen-bond acceptors (Lipinski definition) is 12. The Labute approximate surface area is 166 Å². The molecular weight excluding hydrogens is 404 g/mol. The van der Waals surface area contributed by atoms with Crippen molar-refractivity contribution in [2.24, 2.45) is 21.5 Å². The maximum absolute atomic E-state index is 12.7. The van der Waals surface area contributed by atoms with Crippen LogP contribution in [0.1, 0.15) is 5.56 Å². The van der Waals surface area contributed by atoms with Gasteiger partial charge in [0.15, 0.2) is 23.7 Å². The molecule has 1 saturated heterocycles. The normalized spacial score (nSPS) is 32.8. The van der Waals surface area contributed by atoms with Crippen molar-refractivity contribution < 1.29 is 27.9 Å². The smallest absolute Gasteiger partial charge is 0.297 e. The minimum Gasteiger partial charge on any atom is -0.394 e. The quantitative estimate of drug-likeness (QED) is 0.210. The predicted molar refractivity (Wildman–Crippen MR) is 101 cm³/mol. The van der Waals surface area contributed by atoms with Gasteiger partial charge in [0, 0.05) is 0 Å². The van der Waals surface area contributed by atoms with E-state index in [0.717, 1.165) is 5.56 Å². The summed E-state index contributed by atoms with van der Waals surface area (Å²) >= 11 is 0. The van der Waals surface area contributed by atoms with Crippen molar-refractivity contribution in [3.63, 3.8) is 0 Å². The van der Waals surface area contributed by atoms with Crippen LogP contribution in [0.25, 0.3) is 0 Å². The Kier molecular flexibility index (Phi) is 4.29. The molecule has 1 aromatic carbocycles. The largest absolute Gasteiger partial charge is 0.394 e. The molecule has 3 aliphatic rings. The summed E-state index contributed by atoms with van der Waals surface area (Å²) in [4.78, 5) is 9.36. The summed E-state index contributed by atoms with van der Waals surface area (Å²) in [5.74, 6) is -3.06. The average molecular weight is 426 g/mol. The summed E-state index contributed by atoms with van der Waals surface area (Å²) in [7, 11) is -4.33. The maximum Gasteiger partial charge on any atom is 0.297 e. The van der Waals surface area contributed by atoms with Gasteiger partial charge in [0.25, 0.3) is 10.1 Å². The fourth-order valence-electron chi connectivity index (χ4n) is 4.06. The highest BCUT2D eigenvalue weighted by Gasteiger charge is 2.74. The summed E-state index contributed by atoms with van der Waals surface area (Å²) in [6, 6.07) is 3.96. The van der Waals surface area contributed by atoms with Gasteiger partial charge in [0.05, 0.1) is 18.0 Å². The fraction of sp³-hybridized carbons (Fsp3) is 0.500. The van der Waals surface area contributed by atoms with Crippen LogP contribution in [0.4, 0.5) is 0 Å². The molecule has 3 heterocycles. The molecule has 1 unspecified atom stereocenters. The number of nitrogens with one attached hydrogen (secondary N) is 1. The van der Waals surface area contributed by atoms with E-state index < -0.39 is 46.4 Å². The van der Waals surface area contributed by atoms with Crippen LogP contribution in [0.2, 0.25) is 0 Å². The van der Waals surface area contributed by atoms with Gasteiger partial charge in [-0.3, -0.25) is 4.18 Å².